The molecule has 1 aliphatic rings. The Morgan fingerprint density at radius 2 is 2.00 bits per heavy atom. The van der Waals surface area contributed by atoms with Crippen molar-refractivity contribution in [1.29, 1.82) is 5.26 Å². The molecule has 88 valence electrons. The first-order valence-electron chi connectivity index (χ1n) is 5.02. The number of hydrazine groups is 1. The van der Waals surface area contributed by atoms with E-state index < -0.39 is 0 Å². The van der Waals surface area contributed by atoms with E-state index in [0.29, 0.717) is 13.0 Å². The Morgan fingerprint density at radius 3 is 2.50 bits per heavy atom. The molecule has 0 aliphatic carbocycles. The highest BCUT2D eigenvalue weighted by Crippen LogP contribution is 2.20. The van der Waals surface area contributed by atoms with Crippen LogP contribution < -0.4 is 10.6 Å². The highest BCUT2D eigenvalue weighted by Gasteiger charge is 2.37. The van der Waals surface area contributed by atoms with E-state index in [2.05, 4.69) is 10.6 Å². The van der Waals surface area contributed by atoms with Gasteiger partial charge in [0.15, 0.2) is 0 Å². The number of nitrogens with one attached hydrogen (secondary N) is 2. The van der Waals surface area contributed by atoms with Gasteiger partial charge in [-0.1, -0.05) is 0 Å². The van der Waals surface area contributed by atoms with E-state index in [-0.39, 0.29) is 24.5 Å². The average molecular weight is 225 g/mol. The Morgan fingerprint density at radius 1 is 1.38 bits per heavy atom. The number of nitrogens with zero attached hydrogens (tertiary/aromatic N) is 3. The second-order valence-corrected chi connectivity index (χ2v) is 3.38. The fraction of sp³-hybridized carbons (Fsp3) is 0.667. The molecule has 0 aromatic carbocycles. The van der Waals surface area contributed by atoms with Gasteiger partial charge in [0.1, 0.15) is 0 Å². The standard InChI is InChI=1S/C9H15N5O2/c1-11-8(15)13-6-4-7(3-5-10)14(13)9(16)12-2/h7H,3-4,6H2,1-2H3,(H,11,15)(H,12,16). The van der Waals surface area contributed by atoms with Crippen LogP contribution in [-0.2, 0) is 0 Å². The summed E-state index contributed by atoms with van der Waals surface area (Å²) >= 11 is 0. The van der Waals surface area contributed by atoms with Crippen LogP contribution in [-0.4, -0.2) is 48.8 Å². The van der Waals surface area contributed by atoms with Crippen LogP contribution in [0.4, 0.5) is 9.59 Å². The highest BCUT2D eigenvalue weighted by molar-refractivity contribution is 5.80. The Kier molecular flexibility index (Phi) is 3.94. The third-order valence-electron chi connectivity index (χ3n) is 2.48. The summed E-state index contributed by atoms with van der Waals surface area (Å²) in [5.41, 5.74) is 0. The summed E-state index contributed by atoms with van der Waals surface area (Å²) < 4.78 is 0. The molecule has 1 saturated heterocycles. The van der Waals surface area contributed by atoms with Crippen molar-refractivity contribution in [2.24, 2.45) is 0 Å². The lowest BCUT2D eigenvalue weighted by Gasteiger charge is -2.30. The summed E-state index contributed by atoms with van der Waals surface area (Å²) in [4.78, 5) is 23.1. The summed E-state index contributed by atoms with van der Waals surface area (Å²) in [6.07, 6.45) is 0.843. The second-order valence-electron chi connectivity index (χ2n) is 3.38. The average Bonchev–Trinajstić information content (AvgIpc) is 2.71. The predicted octanol–water partition coefficient (Wildman–Crippen LogP) is -0.130. The fourth-order valence-electron chi connectivity index (χ4n) is 1.71. The van der Waals surface area contributed by atoms with Crippen LogP contribution in [0.15, 0.2) is 0 Å². The maximum atomic E-state index is 11.6. The summed E-state index contributed by atoms with van der Waals surface area (Å²) in [5.74, 6) is 0. The van der Waals surface area contributed by atoms with Crippen molar-refractivity contribution in [2.75, 3.05) is 20.6 Å². The Balaban J connectivity index is 2.84. The van der Waals surface area contributed by atoms with E-state index in [9.17, 15) is 9.59 Å². The minimum absolute atomic E-state index is 0.223. The monoisotopic (exact) mass is 225 g/mol. The van der Waals surface area contributed by atoms with Crippen molar-refractivity contribution in [1.82, 2.24) is 20.7 Å². The molecular weight excluding hydrogens is 210 g/mol. The van der Waals surface area contributed by atoms with Crippen molar-refractivity contribution in [3.63, 3.8) is 0 Å². The zero-order valence-corrected chi connectivity index (χ0v) is 9.36. The molecule has 4 amide bonds. The van der Waals surface area contributed by atoms with Crippen LogP contribution in [0.3, 0.4) is 0 Å². The van der Waals surface area contributed by atoms with E-state index in [1.807, 2.05) is 6.07 Å². The van der Waals surface area contributed by atoms with Crippen molar-refractivity contribution < 1.29 is 9.59 Å². The van der Waals surface area contributed by atoms with E-state index in [4.69, 9.17) is 5.26 Å². The maximum Gasteiger partial charge on any atom is 0.336 e. The van der Waals surface area contributed by atoms with Gasteiger partial charge >= 0.3 is 12.1 Å². The third-order valence-corrected chi connectivity index (χ3v) is 2.48. The van der Waals surface area contributed by atoms with Gasteiger partial charge in [-0.05, 0) is 6.42 Å². The van der Waals surface area contributed by atoms with Gasteiger partial charge in [0, 0.05) is 20.6 Å². The molecule has 0 spiro atoms. The molecule has 0 saturated carbocycles. The van der Waals surface area contributed by atoms with Crippen molar-refractivity contribution in [2.45, 2.75) is 18.9 Å². The summed E-state index contributed by atoms with van der Waals surface area (Å²) in [5, 5.41) is 16.2. The number of nitriles is 1. The summed E-state index contributed by atoms with van der Waals surface area (Å²) in [7, 11) is 2.99. The zero-order chi connectivity index (χ0) is 12.1. The van der Waals surface area contributed by atoms with E-state index >= 15 is 0 Å². The molecule has 7 nitrogen and oxygen atoms in total. The van der Waals surface area contributed by atoms with Gasteiger partial charge in [-0.15, -0.1) is 0 Å². The van der Waals surface area contributed by atoms with Gasteiger partial charge in [-0.3, -0.25) is 0 Å². The van der Waals surface area contributed by atoms with Crippen molar-refractivity contribution in [3.05, 3.63) is 0 Å². The van der Waals surface area contributed by atoms with Gasteiger partial charge in [-0.2, -0.15) is 5.26 Å². The molecule has 7 heteroatoms. The first-order chi connectivity index (χ1) is 7.65. The summed E-state index contributed by atoms with van der Waals surface area (Å²) in [6.45, 7) is 0.444. The molecule has 1 fully saturated rings. The molecule has 1 atom stereocenters. The lowest BCUT2D eigenvalue weighted by atomic mass is 10.2. The SMILES string of the molecule is CNC(=O)N1CCC(CC#N)N1C(=O)NC. The number of hydrogen-bond acceptors (Lipinski definition) is 3. The molecule has 1 rings (SSSR count). The number of hydrogen-bond donors (Lipinski definition) is 2. The zero-order valence-electron chi connectivity index (χ0n) is 9.36. The minimum Gasteiger partial charge on any atom is -0.340 e. The molecule has 0 bridgehead atoms. The highest BCUT2D eigenvalue weighted by atomic mass is 16.2. The fourth-order valence-corrected chi connectivity index (χ4v) is 1.71. The molecule has 0 aromatic heterocycles. The normalized spacial score (nSPS) is 19.2. The molecule has 16 heavy (non-hydrogen) atoms. The van der Waals surface area contributed by atoms with Crippen LogP contribution >= 0.6 is 0 Å². The predicted molar refractivity (Wildman–Crippen MR) is 56.1 cm³/mol. The van der Waals surface area contributed by atoms with Crippen LogP contribution in [0.2, 0.25) is 0 Å². The lowest BCUT2D eigenvalue weighted by Crippen LogP contribution is -2.53. The first-order valence-corrected chi connectivity index (χ1v) is 5.02. The molecule has 0 radical (unpaired) electrons. The van der Waals surface area contributed by atoms with Crippen molar-refractivity contribution in [3.8, 4) is 6.07 Å². The first kappa shape index (κ1) is 12.1. The van der Waals surface area contributed by atoms with Crippen LogP contribution in [0.5, 0.6) is 0 Å². The van der Waals surface area contributed by atoms with Crippen LogP contribution in [0.1, 0.15) is 12.8 Å². The number of rotatable bonds is 1. The van der Waals surface area contributed by atoms with E-state index in [1.165, 1.54) is 24.1 Å². The topological polar surface area (TPSA) is 88.5 Å². The van der Waals surface area contributed by atoms with Crippen molar-refractivity contribution >= 4 is 12.1 Å². The number of carbonyl (C=O) groups is 2. The molecule has 1 aliphatic heterocycles. The third kappa shape index (κ3) is 2.16. The number of amides is 4. The molecule has 2 N–H and O–H groups in total. The van der Waals surface area contributed by atoms with E-state index in [1.54, 1.807) is 0 Å². The largest absolute Gasteiger partial charge is 0.340 e. The molecular formula is C9H15N5O2. The summed E-state index contributed by atoms with van der Waals surface area (Å²) in [6, 6.07) is 1.06. The van der Waals surface area contributed by atoms with Gasteiger partial charge in [0.25, 0.3) is 0 Å². The van der Waals surface area contributed by atoms with Gasteiger partial charge in [0.2, 0.25) is 0 Å². The van der Waals surface area contributed by atoms with E-state index in [0.717, 1.165) is 0 Å². The Bertz CT molecular complexity index is 324. The maximum absolute atomic E-state index is 11.6. The second kappa shape index (κ2) is 5.21. The molecule has 1 heterocycles. The van der Waals surface area contributed by atoms with Gasteiger partial charge < -0.3 is 10.6 Å². The van der Waals surface area contributed by atoms with Gasteiger partial charge in [0.05, 0.1) is 18.5 Å². The molecule has 1 unspecified atom stereocenters. The Hall–Kier alpha value is -1.97. The number of carbonyl (C=O) groups excluding carboxylic acids is 2. The molecule has 0 aromatic rings. The minimum atomic E-state index is -0.374. The van der Waals surface area contributed by atoms with Gasteiger partial charge in [-0.25, -0.2) is 19.6 Å². The van der Waals surface area contributed by atoms with Crippen LogP contribution in [0.25, 0.3) is 0 Å². The smallest absolute Gasteiger partial charge is 0.336 e. The lowest BCUT2D eigenvalue weighted by molar-refractivity contribution is 0.0670. The van der Waals surface area contributed by atoms with Crippen LogP contribution in [0, 0.1) is 11.3 Å². The Labute approximate surface area is 94.0 Å². The number of urea groups is 2. The quantitative estimate of drug-likeness (QED) is 0.651.